The van der Waals surface area contributed by atoms with Gasteiger partial charge >= 0.3 is 0 Å². The average Bonchev–Trinajstić information content (AvgIpc) is 3.18. The number of benzene rings is 1. The van der Waals surface area contributed by atoms with Crippen molar-refractivity contribution in [1.29, 1.82) is 0 Å². The zero-order valence-corrected chi connectivity index (χ0v) is 37.6. The first-order valence-electron chi connectivity index (χ1n) is 18.0. The Bertz CT molecular complexity index is 1220. The van der Waals surface area contributed by atoms with Crippen LogP contribution in [0.15, 0.2) is 45.6 Å². The minimum absolute atomic E-state index is 0.0216. The van der Waals surface area contributed by atoms with Crippen molar-refractivity contribution in [2.75, 3.05) is 13.7 Å². The van der Waals surface area contributed by atoms with Crippen molar-refractivity contribution in [3.05, 3.63) is 51.1 Å². The topological polar surface area (TPSA) is 57.2 Å². The Labute approximate surface area is 311 Å². The summed E-state index contributed by atoms with van der Waals surface area (Å²) >= 11 is 2.35. The first-order valence-corrected chi connectivity index (χ1v) is 24.9. The molecule has 8 heteroatoms. The van der Waals surface area contributed by atoms with Gasteiger partial charge in [0.1, 0.15) is 5.75 Å². The number of halogens is 1. The summed E-state index contributed by atoms with van der Waals surface area (Å²) < 4.78 is 28.3. The molecule has 0 aliphatic heterocycles. The van der Waals surface area contributed by atoms with E-state index in [9.17, 15) is 5.11 Å². The van der Waals surface area contributed by atoms with Gasteiger partial charge in [0.15, 0.2) is 16.6 Å². The van der Waals surface area contributed by atoms with E-state index < -0.39 is 28.3 Å². The summed E-state index contributed by atoms with van der Waals surface area (Å²) in [5.74, 6) is 1.18. The van der Waals surface area contributed by atoms with Crippen LogP contribution in [0, 0.1) is 17.3 Å². The van der Waals surface area contributed by atoms with Gasteiger partial charge in [-0.1, -0.05) is 92.2 Å². The van der Waals surface area contributed by atoms with Gasteiger partial charge in [-0.2, -0.15) is 0 Å². The van der Waals surface area contributed by atoms with Crippen molar-refractivity contribution in [2.45, 2.75) is 163 Å². The number of aliphatic hydroxyl groups excluding tert-OH is 1. The average molecular weight is 815 g/mol. The van der Waals surface area contributed by atoms with Crippen molar-refractivity contribution in [3.63, 3.8) is 0 Å². The molecule has 0 radical (unpaired) electrons. The van der Waals surface area contributed by atoms with Crippen molar-refractivity contribution in [1.82, 2.24) is 0 Å². The molecule has 1 saturated carbocycles. The van der Waals surface area contributed by atoms with Crippen LogP contribution in [0.5, 0.6) is 5.75 Å². The summed E-state index contributed by atoms with van der Waals surface area (Å²) in [4.78, 5) is 0. The quantitative estimate of drug-likeness (QED) is 0.102. The molecular formula is C40H71IO5Si2. The summed E-state index contributed by atoms with van der Waals surface area (Å²) in [7, 11) is -2.64. The largest absolute Gasteiger partial charge is 0.497 e. The number of rotatable bonds is 16. The van der Waals surface area contributed by atoms with E-state index >= 15 is 0 Å². The van der Waals surface area contributed by atoms with Crippen LogP contribution < -0.4 is 4.74 Å². The molecule has 1 aromatic carbocycles. The molecule has 48 heavy (non-hydrogen) atoms. The van der Waals surface area contributed by atoms with Crippen LogP contribution >= 0.6 is 22.6 Å². The van der Waals surface area contributed by atoms with E-state index in [0.717, 1.165) is 37.0 Å². The molecule has 2 rings (SSSR count). The fourth-order valence-electron chi connectivity index (χ4n) is 6.11. The third-order valence-corrected chi connectivity index (χ3v) is 21.0. The summed E-state index contributed by atoms with van der Waals surface area (Å²) in [5, 5.41) is 11.4. The van der Waals surface area contributed by atoms with Gasteiger partial charge in [-0.15, -0.1) is 0 Å². The highest BCUT2D eigenvalue weighted by molar-refractivity contribution is 14.1. The lowest BCUT2D eigenvalue weighted by atomic mass is 9.80. The van der Waals surface area contributed by atoms with Gasteiger partial charge in [0, 0.05) is 5.92 Å². The van der Waals surface area contributed by atoms with Crippen molar-refractivity contribution >= 4 is 39.2 Å². The molecule has 1 aromatic rings. The van der Waals surface area contributed by atoms with E-state index in [0.29, 0.717) is 19.1 Å². The molecule has 1 fully saturated rings. The molecule has 1 aliphatic rings. The summed E-state index contributed by atoms with van der Waals surface area (Å²) in [6, 6.07) is 8.13. The highest BCUT2D eigenvalue weighted by Crippen LogP contribution is 2.52. The lowest BCUT2D eigenvalue weighted by Crippen LogP contribution is -2.55. The minimum Gasteiger partial charge on any atom is -0.497 e. The number of methoxy groups -OCH3 is 1. The molecular weight excluding hydrogens is 744 g/mol. The number of ether oxygens (including phenoxy) is 2. The minimum atomic E-state index is -2.23. The van der Waals surface area contributed by atoms with E-state index in [1.807, 2.05) is 12.1 Å². The maximum atomic E-state index is 11.3. The van der Waals surface area contributed by atoms with Crippen molar-refractivity contribution < 1.29 is 23.4 Å². The van der Waals surface area contributed by atoms with E-state index in [-0.39, 0.29) is 27.5 Å². The normalized spacial score (nSPS) is 24.2. The molecule has 0 heterocycles. The van der Waals surface area contributed by atoms with Gasteiger partial charge in [0.25, 0.3) is 0 Å². The monoisotopic (exact) mass is 814 g/mol. The molecule has 5 nitrogen and oxygen atoms in total. The summed E-state index contributed by atoms with van der Waals surface area (Å²) in [6.45, 7) is 35.4. The molecule has 0 aromatic heterocycles. The maximum Gasteiger partial charge on any atom is 0.192 e. The molecule has 1 N–H and O–H groups in total. The van der Waals surface area contributed by atoms with Crippen LogP contribution in [-0.4, -0.2) is 53.3 Å². The number of allylic oxidation sites excluding steroid dienone is 3. The zero-order chi connectivity index (χ0) is 36.9. The van der Waals surface area contributed by atoms with Crippen LogP contribution in [0.2, 0.25) is 36.3 Å². The molecule has 1 aliphatic carbocycles. The highest BCUT2D eigenvalue weighted by atomic mass is 127. The summed E-state index contributed by atoms with van der Waals surface area (Å²) in [6.07, 6.45) is 7.62. The zero-order valence-electron chi connectivity index (χ0n) is 33.5. The first-order chi connectivity index (χ1) is 21.8. The lowest BCUT2D eigenvalue weighted by Gasteiger charge is -2.47. The standard InChI is InChI=1S/C40H71IO5Si2/c1-29(17-22-35(42)39(10,11)24-23-31(3)41)25-34-36(45-47(13,14)37(4,5)6)30(2)26-40(34,46-48(15,16)38(7,8)9)28-44-27-32-18-20-33(43-12)21-19-32/h18-21,23,25,30,34-36,42H,17,22,24,26-28H2,1-16H3/b29-25+,31-23+/t30-,34-,35?,36+,40-/m0/s1. The Morgan fingerprint density at radius 2 is 1.54 bits per heavy atom. The Morgan fingerprint density at radius 3 is 2.04 bits per heavy atom. The number of aliphatic hydroxyl groups is 1. The summed E-state index contributed by atoms with van der Waals surface area (Å²) in [5.41, 5.74) is 1.69. The maximum absolute atomic E-state index is 11.3. The second-order valence-corrected chi connectivity index (χ2v) is 29.6. The lowest BCUT2D eigenvalue weighted by molar-refractivity contribution is -0.0655. The van der Waals surface area contributed by atoms with Crippen LogP contribution in [0.1, 0.15) is 107 Å². The Balaban J connectivity index is 2.57. The van der Waals surface area contributed by atoms with Crippen molar-refractivity contribution in [2.24, 2.45) is 17.3 Å². The second-order valence-electron chi connectivity index (χ2n) is 18.4. The van der Waals surface area contributed by atoms with Gasteiger partial charge in [0.05, 0.1) is 38.1 Å². The van der Waals surface area contributed by atoms with E-state index in [1.54, 1.807) is 7.11 Å². The molecule has 0 bridgehead atoms. The van der Waals surface area contributed by atoms with E-state index in [4.69, 9.17) is 18.3 Å². The molecule has 1 unspecified atom stereocenters. The van der Waals surface area contributed by atoms with E-state index in [2.05, 4.69) is 149 Å². The predicted molar refractivity (Wildman–Crippen MR) is 218 cm³/mol. The molecule has 0 amide bonds. The Morgan fingerprint density at radius 1 is 0.979 bits per heavy atom. The molecule has 0 spiro atoms. The van der Waals surface area contributed by atoms with Gasteiger partial charge in [-0.3, -0.25) is 0 Å². The van der Waals surface area contributed by atoms with Gasteiger partial charge < -0.3 is 23.4 Å². The van der Waals surface area contributed by atoms with Crippen LogP contribution in [0.4, 0.5) is 0 Å². The predicted octanol–water partition coefficient (Wildman–Crippen LogP) is 11.9. The first kappa shape index (κ1) is 43.7. The van der Waals surface area contributed by atoms with Gasteiger partial charge in [-0.25, -0.2) is 0 Å². The van der Waals surface area contributed by atoms with Gasteiger partial charge in [-0.05, 0) is 131 Å². The number of hydrogen-bond acceptors (Lipinski definition) is 5. The fraction of sp³-hybridized carbons (Fsp3) is 0.750. The molecule has 0 saturated heterocycles. The Hall–Kier alpha value is -0.496. The third kappa shape index (κ3) is 11.8. The van der Waals surface area contributed by atoms with E-state index in [1.165, 1.54) is 9.15 Å². The second kappa shape index (κ2) is 16.9. The van der Waals surface area contributed by atoms with Crippen molar-refractivity contribution in [3.8, 4) is 5.75 Å². The third-order valence-electron chi connectivity index (χ3n) is 11.6. The highest BCUT2D eigenvalue weighted by Gasteiger charge is 2.58. The SMILES string of the molecule is COc1ccc(COC[C@@]2(O[Si](C)(C)C(C)(C)C)C[C@H](C)[C@@H](O[Si](C)(C)C(C)(C)C)[C@@H]2/C=C(\C)CCC(O)C(C)(C)C/C=C(\C)I)cc1. The van der Waals surface area contributed by atoms with Crippen LogP contribution in [0.25, 0.3) is 0 Å². The van der Waals surface area contributed by atoms with Crippen LogP contribution in [-0.2, 0) is 20.2 Å². The Kier molecular flexibility index (Phi) is 15.4. The smallest absolute Gasteiger partial charge is 0.192 e. The molecule has 276 valence electrons. The molecule has 5 atom stereocenters. The number of hydrogen-bond donors (Lipinski definition) is 1. The van der Waals surface area contributed by atoms with Gasteiger partial charge in [0.2, 0.25) is 0 Å². The fourth-order valence-corrected chi connectivity index (χ4v) is 9.34. The van der Waals surface area contributed by atoms with Crippen LogP contribution in [0.3, 0.4) is 0 Å².